The van der Waals surface area contributed by atoms with Crippen LogP contribution in [0.3, 0.4) is 0 Å². The van der Waals surface area contributed by atoms with Crippen LogP contribution in [-0.4, -0.2) is 49.1 Å². The van der Waals surface area contributed by atoms with Crippen molar-refractivity contribution in [2.24, 2.45) is 0 Å². The molecule has 86 valence electrons. The molecule has 2 saturated heterocycles. The van der Waals surface area contributed by atoms with Gasteiger partial charge in [-0.25, -0.2) is 0 Å². The van der Waals surface area contributed by atoms with Crippen LogP contribution in [0.4, 0.5) is 0 Å². The predicted octanol–water partition coefficient (Wildman–Crippen LogP) is -0.0512. The average Bonchev–Trinajstić information content (AvgIpc) is 2.44. The quantitative estimate of drug-likeness (QED) is 0.639. The fourth-order valence-electron chi connectivity index (χ4n) is 2.50. The first-order chi connectivity index (χ1) is 7.29. The van der Waals surface area contributed by atoms with Gasteiger partial charge in [0.25, 0.3) is 0 Å². The summed E-state index contributed by atoms with van der Waals surface area (Å²) in [5.41, 5.74) is 0. The number of piperidine rings is 1. The second kappa shape index (κ2) is 4.94. The number of nitrogens with one attached hydrogen (secondary N) is 2. The Labute approximate surface area is 91.4 Å². The third-order valence-electron chi connectivity index (χ3n) is 3.43. The highest BCUT2D eigenvalue weighted by molar-refractivity contribution is 5.82. The Kier molecular flexibility index (Phi) is 3.59. The Balaban J connectivity index is 2.00. The third-order valence-corrected chi connectivity index (χ3v) is 3.43. The first-order valence-electron chi connectivity index (χ1n) is 6.03. The Morgan fingerprint density at radius 3 is 2.73 bits per heavy atom. The molecule has 0 saturated carbocycles. The number of carbonyl (C=O) groups excluding carboxylic acids is 1. The first kappa shape index (κ1) is 10.9. The molecule has 2 aliphatic rings. The molecule has 2 N–H and O–H groups in total. The number of nitrogens with zero attached hydrogens (tertiary/aromatic N) is 1. The summed E-state index contributed by atoms with van der Waals surface area (Å²) >= 11 is 0. The molecule has 2 heterocycles. The Hall–Kier alpha value is -0.610. The SMILES string of the molecule is CC1NCCCN(C2CCNCC2)C1=O. The zero-order valence-electron chi connectivity index (χ0n) is 9.46. The maximum atomic E-state index is 12.1. The summed E-state index contributed by atoms with van der Waals surface area (Å²) in [7, 11) is 0. The molecule has 15 heavy (non-hydrogen) atoms. The van der Waals surface area contributed by atoms with Crippen molar-refractivity contribution in [1.82, 2.24) is 15.5 Å². The largest absolute Gasteiger partial charge is 0.338 e. The summed E-state index contributed by atoms with van der Waals surface area (Å²) < 4.78 is 0. The minimum atomic E-state index is 0.00221. The third kappa shape index (κ3) is 2.49. The predicted molar refractivity (Wildman–Crippen MR) is 59.7 cm³/mol. The smallest absolute Gasteiger partial charge is 0.239 e. The Morgan fingerprint density at radius 1 is 1.27 bits per heavy atom. The monoisotopic (exact) mass is 211 g/mol. The number of hydrogen-bond acceptors (Lipinski definition) is 3. The summed E-state index contributed by atoms with van der Waals surface area (Å²) in [6.45, 7) is 5.98. The minimum absolute atomic E-state index is 0.00221. The van der Waals surface area contributed by atoms with E-state index >= 15 is 0 Å². The molecular formula is C11H21N3O. The van der Waals surface area contributed by atoms with Crippen LogP contribution in [-0.2, 0) is 4.79 Å². The van der Waals surface area contributed by atoms with Crippen LogP contribution in [0.1, 0.15) is 26.2 Å². The zero-order chi connectivity index (χ0) is 10.7. The molecule has 0 radical (unpaired) electrons. The highest BCUT2D eigenvalue weighted by Crippen LogP contribution is 2.15. The molecule has 0 aromatic carbocycles. The van der Waals surface area contributed by atoms with Crippen molar-refractivity contribution < 1.29 is 4.79 Å². The van der Waals surface area contributed by atoms with Crippen LogP contribution in [0.25, 0.3) is 0 Å². The average molecular weight is 211 g/mol. The molecule has 1 unspecified atom stereocenters. The maximum absolute atomic E-state index is 12.1. The lowest BCUT2D eigenvalue weighted by molar-refractivity contribution is -0.135. The van der Waals surface area contributed by atoms with Crippen LogP contribution < -0.4 is 10.6 Å². The van der Waals surface area contributed by atoms with Crippen molar-refractivity contribution in [1.29, 1.82) is 0 Å². The normalized spacial score (nSPS) is 30.3. The van der Waals surface area contributed by atoms with Gasteiger partial charge < -0.3 is 15.5 Å². The Morgan fingerprint density at radius 2 is 2.00 bits per heavy atom. The summed E-state index contributed by atoms with van der Waals surface area (Å²) in [6, 6.07) is 0.475. The van der Waals surface area contributed by atoms with Gasteiger partial charge in [-0.15, -0.1) is 0 Å². The van der Waals surface area contributed by atoms with Gasteiger partial charge in [0.2, 0.25) is 5.91 Å². The van der Waals surface area contributed by atoms with Gasteiger partial charge in [0.05, 0.1) is 6.04 Å². The van der Waals surface area contributed by atoms with Gasteiger partial charge in [-0.05, 0) is 45.8 Å². The second-order valence-electron chi connectivity index (χ2n) is 4.54. The van der Waals surface area contributed by atoms with Gasteiger partial charge in [-0.3, -0.25) is 4.79 Å². The molecule has 1 amide bonds. The fourth-order valence-corrected chi connectivity index (χ4v) is 2.50. The standard InChI is InChI=1S/C11H21N3O/c1-9-11(15)14(8-2-5-13-9)10-3-6-12-7-4-10/h9-10,12-13H,2-8H2,1H3. The lowest BCUT2D eigenvalue weighted by atomic mass is 10.0. The van der Waals surface area contributed by atoms with E-state index in [-0.39, 0.29) is 6.04 Å². The minimum Gasteiger partial charge on any atom is -0.338 e. The van der Waals surface area contributed by atoms with Gasteiger partial charge >= 0.3 is 0 Å². The molecule has 0 spiro atoms. The van der Waals surface area contributed by atoms with E-state index in [1.807, 2.05) is 6.92 Å². The van der Waals surface area contributed by atoms with Crippen molar-refractivity contribution >= 4 is 5.91 Å². The molecule has 4 nitrogen and oxygen atoms in total. The number of carbonyl (C=O) groups is 1. The summed E-state index contributed by atoms with van der Waals surface area (Å²) in [4.78, 5) is 14.2. The molecule has 0 bridgehead atoms. The first-order valence-corrected chi connectivity index (χ1v) is 6.03. The highest BCUT2D eigenvalue weighted by Gasteiger charge is 2.29. The fraction of sp³-hybridized carbons (Fsp3) is 0.909. The molecule has 0 aromatic rings. The summed E-state index contributed by atoms with van der Waals surface area (Å²) in [5, 5.41) is 6.60. The van der Waals surface area contributed by atoms with Gasteiger partial charge in [0.15, 0.2) is 0 Å². The van der Waals surface area contributed by atoms with E-state index in [0.717, 1.165) is 45.4 Å². The van der Waals surface area contributed by atoms with Crippen molar-refractivity contribution in [3.8, 4) is 0 Å². The van der Waals surface area contributed by atoms with Crippen molar-refractivity contribution in [2.45, 2.75) is 38.3 Å². The van der Waals surface area contributed by atoms with Crippen LogP contribution in [0.2, 0.25) is 0 Å². The van der Waals surface area contributed by atoms with Crippen molar-refractivity contribution in [2.75, 3.05) is 26.2 Å². The van der Waals surface area contributed by atoms with E-state index in [9.17, 15) is 4.79 Å². The Bertz CT molecular complexity index is 226. The summed E-state index contributed by atoms with van der Waals surface area (Å²) in [5.74, 6) is 0.291. The van der Waals surface area contributed by atoms with Crippen molar-refractivity contribution in [3.63, 3.8) is 0 Å². The van der Waals surface area contributed by atoms with Gasteiger partial charge in [-0.1, -0.05) is 0 Å². The molecule has 4 heteroatoms. The molecule has 2 rings (SSSR count). The van der Waals surface area contributed by atoms with Crippen LogP contribution >= 0.6 is 0 Å². The molecule has 2 aliphatic heterocycles. The van der Waals surface area contributed by atoms with Crippen LogP contribution in [0, 0.1) is 0 Å². The van der Waals surface area contributed by atoms with Gasteiger partial charge in [0.1, 0.15) is 0 Å². The molecule has 0 aliphatic carbocycles. The summed E-state index contributed by atoms with van der Waals surface area (Å²) in [6.07, 6.45) is 3.30. The van der Waals surface area contributed by atoms with E-state index in [1.165, 1.54) is 0 Å². The number of rotatable bonds is 1. The lowest BCUT2D eigenvalue weighted by Crippen LogP contribution is -2.50. The van der Waals surface area contributed by atoms with E-state index in [0.29, 0.717) is 11.9 Å². The second-order valence-corrected chi connectivity index (χ2v) is 4.54. The number of amides is 1. The van der Waals surface area contributed by atoms with E-state index in [4.69, 9.17) is 0 Å². The molecule has 2 fully saturated rings. The molecule has 0 aromatic heterocycles. The van der Waals surface area contributed by atoms with Crippen molar-refractivity contribution in [3.05, 3.63) is 0 Å². The lowest BCUT2D eigenvalue weighted by Gasteiger charge is -2.34. The van der Waals surface area contributed by atoms with Crippen LogP contribution in [0.5, 0.6) is 0 Å². The van der Waals surface area contributed by atoms with Crippen LogP contribution in [0.15, 0.2) is 0 Å². The van der Waals surface area contributed by atoms with Gasteiger partial charge in [0, 0.05) is 12.6 Å². The van der Waals surface area contributed by atoms with E-state index < -0.39 is 0 Å². The number of hydrogen-bond donors (Lipinski definition) is 2. The van der Waals surface area contributed by atoms with E-state index in [1.54, 1.807) is 0 Å². The van der Waals surface area contributed by atoms with E-state index in [2.05, 4.69) is 15.5 Å². The highest BCUT2D eigenvalue weighted by atomic mass is 16.2. The topological polar surface area (TPSA) is 44.4 Å². The zero-order valence-corrected chi connectivity index (χ0v) is 9.46. The van der Waals surface area contributed by atoms with Gasteiger partial charge in [-0.2, -0.15) is 0 Å². The maximum Gasteiger partial charge on any atom is 0.239 e. The molecule has 1 atom stereocenters. The molecular weight excluding hydrogens is 190 g/mol.